The largest absolute Gasteiger partial charge is 0.397 e. The zero-order valence-electron chi connectivity index (χ0n) is 11.9. The van der Waals surface area contributed by atoms with Gasteiger partial charge in [-0.15, -0.1) is 0 Å². The second kappa shape index (κ2) is 5.53. The number of nitrogens with zero attached hydrogens (tertiary/aromatic N) is 1. The molecule has 3 heteroatoms. The molecule has 0 saturated carbocycles. The molecule has 0 atom stereocenters. The van der Waals surface area contributed by atoms with Crippen LogP contribution in [0.25, 0.3) is 0 Å². The number of fused-ring (bicyclic) bond motifs is 1. The Labute approximate surface area is 120 Å². The van der Waals surface area contributed by atoms with E-state index in [0.29, 0.717) is 0 Å². The van der Waals surface area contributed by atoms with Crippen LogP contribution in [0.2, 0.25) is 0 Å². The first-order valence-corrected chi connectivity index (χ1v) is 7.29. The first-order valence-electron chi connectivity index (χ1n) is 7.29. The average molecular weight is 267 g/mol. The molecular weight excluding hydrogens is 246 g/mol. The lowest BCUT2D eigenvalue weighted by molar-refractivity contribution is 0.911. The number of aromatic nitrogens is 1. The van der Waals surface area contributed by atoms with Crippen LogP contribution in [-0.2, 0) is 19.3 Å². The molecule has 2 aromatic rings. The fourth-order valence-electron chi connectivity index (χ4n) is 2.78. The summed E-state index contributed by atoms with van der Waals surface area (Å²) in [5.74, 6) is 0.901. The summed E-state index contributed by atoms with van der Waals surface area (Å²) in [6.45, 7) is 2.90. The number of nitrogen functional groups attached to an aromatic ring is 1. The first-order chi connectivity index (χ1) is 9.72. The standard InChI is InChI=1S/C17H21N3/c1-12-9-17(20-11-16(12)18)19-8-7-13-5-6-14-3-2-4-15(14)10-13/h5-6,9-11H,2-4,7-8,18H2,1H3,(H,19,20). The van der Waals surface area contributed by atoms with Crippen LogP contribution < -0.4 is 11.1 Å². The molecular formula is C17H21N3. The maximum atomic E-state index is 5.77. The molecule has 1 aromatic carbocycles. The first kappa shape index (κ1) is 13.0. The van der Waals surface area contributed by atoms with Crippen LogP contribution in [-0.4, -0.2) is 11.5 Å². The van der Waals surface area contributed by atoms with Crippen molar-refractivity contribution in [1.29, 1.82) is 0 Å². The van der Waals surface area contributed by atoms with Crippen molar-refractivity contribution in [3.05, 3.63) is 52.7 Å². The molecule has 0 fully saturated rings. The molecule has 20 heavy (non-hydrogen) atoms. The summed E-state index contributed by atoms with van der Waals surface area (Å²) in [6.07, 6.45) is 6.55. The number of rotatable bonds is 4. The minimum Gasteiger partial charge on any atom is -0.397 e. The topological polar surface area (TPSA) is 50.9 Å². The number of hydrogen-bond donors (Lipinski definition) is 2. The SMILES string of the molecule is Cc1cc(NCCc2ccc3c(c2)CCC3)ncc1N. The lowest BCUT2D eigenvalue weighted by Crippen LogP contribution is -2.07. The third-order valence-electron chi connectivity index (χ3n) is 4.03. The third-order valence-corrected chi connectivity index (χ3v) is 4.03. The lowest BCUT2D eigenvalue weighted by Gasteiger charge is -2.08. The van der Waals surface area contributed by atoms with Crippen molar-refractivity contribution in [3.63, 3.8) is 0 Å². The summed E-state index contributed by atoms with van der Waals surface area (Å²) in [7, 11) is 0. The van der Waals surface area contributed by atoms with Crippen LogP contribution in [0.3, 0.4) is 0 Å². The van der Waals surface area contributed by atoms with E-state index in [9.17, 15) is 0 Å². The summed E-state index contributed by atoms with van der Waals surface area (Å²) in [5.41, 5.74) is 12.1. The van der Waals surface area contributed by atoms with Crippen molar-refractivity contribution in [3.8, 4) is 0 Å². The van der Waals surface area contributed by atoms with Crippen LogP contribution in [0, 0.1) is 6.92 Å². The van der Waals surface area contributed by atoms with E-state index in [2.05, 4.69) is 28.5 Å². The molecule has 1 aliphatic rings. The highest BCUT2D eigenvalue weighted by molar-refractivity contribution is 5.50. The molecule has 0 saturated heterocycles. The monoisotopic (exact) mass is 267 g/mol. The Bertz CT molecular complexity index is 620. The number of hydrogen-bond acceptors (Lipinski definition) is 3. The van der Waals surface area contributed by atoms with Crippen molar-refractivity contribution in [2.75, 3.05) is 17.6 Å². The summed E-state index contributed by atoms with van der Waals surface area (Å²) >= 11 is 0. The Kier molecular flexibility index (Phi) is 3.59. The van der Waals surface area contributed by atoms with Crippen LogP contribution in [0.5, 0.6) is 0 Å². The molecule has 3 nitrogen and oxygen atoms in total. The molecule has 3 N–H and O–H groups in total. The second-order valence-electron chi connectivity index (χ2n) is 5.56. The van der Waals surface area contributed by atoms with Gasteiger partial charge in [-0.05, 0) is 60.9 Å². The van der Waals surface area contributed by atoms with E-state index in [0.717, 1.165) is 30.0 Å². The van der Waals surface area contributed by atoms with Gasteiger partial charge in [-0.1, -0.05) is 18.2 Å². The summed E-state index contributed by atoms with van der Waals surface area (Å²) in [5, 5.41) is 3.36. The third kappa shape index (κ3) is 2.77. The molecule has 1 aromatic heterocycles. The predicted molar refractivity (Wildman–Crippen MR) is 84.0 cm³/mol. The van der Waals surface area contributed by atoms with Gasteiger partial charge >= 0.3 is 0 Å². The van der Waals surface area contributed by atoms with E-state index in [1.165, 1.54) is 30.4 Å². The van der Waals surface area contributed by atoms with Crippen LogP contribution in [0.4, 0.5) is 11.5 Å². The Hall–Kier alpha value is -2.03. The zero-order chi connectivity index (χ0) is 13.9. The number of anilines is 2. The van der Waals surface area contributed by atoms with E-state index in [-0.39, 0.29) is 0 Å². The molecule has 0 bridgehead atoms. The maximum absolute atomic E-state index is 5.77. The van der Waals surface area contributed by atoms with E-state index < -0.39 is 0 Å². The van der Waals surface area contributed by atoms with Gasteiger partial charge in [0.2, 0.25) is 0 Å². The molecule has 0 radical (unpaired) electrons. The van der Waals surface area contributed by atoms with Crippen molar-refractivity contribution in [2.45, 2.75) is 32.6 Å². The minimum atomic E-state index is 0.745. The molecule has 3 rings (SSSR count). The Morgan fingerprint density at radius 2 is 2.05 bits per heavy atom. The van der Waals surface area contributed by atoms with Gasteiger partial charge in [0.1, 0.15) is 5.82 Å². The average Bonchev–Trinajstić information content (AvgIpc) is 2.90. The highest BCUT2D eigenvalue weighted by Crippen LogP contribution is 2.23. The smallest absolute Gasteiger partial charge is 0.126 e. The molecule has 0 aliphatic heterocycles. The normalized spacial score (nSPS) is 13.2. The quantitative estimate of drug-likeness (QED) is 0.895. The lowest BCUT2D eigenvalue weighted by atomic mass is 10.0. The van der Waals surface area contributed by atoms with E-state index in [1.807, 2.05) is 13.0 Å². The second-order valence-corrected chi connectivity index (χ2v) is 5.56. The summed E-state index contributed by atoms with van der Waals surface area (Å²) in [6, 6.07) is 8.92. The Morgan fingerprint density at radius 1 is 1.20 bits per heavy atom. The zero-order valence-corrected chi connectivity index (χ0v) is 11.9. The van der Waals surface area contributed by atoms with Gasteiger partial charge in [-0.25, -0.2) is 4.98 Å². The van der Waals surface area contributed by atoms with Crippen molar-refractivity contribution >= 4 is 11.5 Å². The Morgan fingerprint density at radius 3 is 2.90 bits per heavy atom. The van der Waals surface area contributed by atoms with Crippen LogP contribution in [0.1, 0.15) is 28.7 Å². The fourth-order valence-corrected chi connectivity index (χ4v) is 2.78. The molecule has 1 aliphatic carbocycles. The van der Waals surface area contributed by atoms with Crippen LogP contribution in [0.15, 0.2) is 30.5 Å². The van der Waals surface area contributed by atoms with Crippen molar-refractivity contribution in [2.24, 2.45) is 0 Å². The van der Waals surface area contributed by atoms with Crippen molar-refractivity contribution < 1.29 is 0 Å². The molecule has 104 valence electrons. The van der Waals surface area contributed by atoms with Gasteiger partial charge in [-0.3, -0.25) is 0 Å². The number of nitrogens with one attached hydrogen (secondary N) is 1. The highest BCUT2D eigenvalue weighted by atomic mass is 15.0. The van der Waals surface area contributed by atoms with E-state index in [4.69, 9.17) is 5.73 Å². The number of pyridine rings is 1. The molecule has 0 spiro atoms. The van der Waals surface area contributed by atoms with Gasteiger partial charge in [-0.2, -0.15) is 0 Å². The Balaban J connectivity index is 1.58. The fraction of sp³-hybridized carbons (Fsp3) is 0.353. The van der Waals surface area contributed by atoms with Gasteiger partial charge in [0, 0.05) is 6.54 Å². The number of nitrogens with two attached hydrogens (primary N) is 1. The maximum Gasteiger partial charge on any atom is 0.126 e. The highest BCUT2D eigenvalue weighted by Gasteiger charge is 2.10. The molecule has 0 unspecified atom stereocenters. The number of benzene rings is 1. The van der Waals surface area contributed by atoms with Gasteiger partial charge in [0.25, 0.3) is 0 Å². The van der Waals surface area contributed by atoms with E-state index in [1.54, 1.807) is 11.8 Å². The van der Waals surface area contributed by atoms with E-state index >= 15 is 0 Å². The molecule has 0 amide bonds. The summed E-state index contributed by atoms with van der Waals surface area (Å²) < 4.78 is 0. The summed E-state index contributed by atoms with van der Waals surface area (Å²) in [4.78, 5) is 4.29. The van der Waals surface area contributed by atoms with Gasteiger partial charge < -0.3 is 11.1 Å². The van der Waals surface area contributed by atoms with Gasteiger partial charge in [0.15, 0.2) is 0 Å². The predicted octanol–water partition coefficient (Wildman–Crippen LogP) is 3.12. The minimum absolute atomic E-state index is 0.745. The van der Waals surface area contributed by atoms with Gasteiger partial charge in [0.05, 0.1) is 11.9 Å². The molecule has 1 heterocycles. The number of aryl methyl sites for hydroxylation is 3. The van der Waals surface area contributed by atoms with Crippen molar-refractivity contribution in [1.82, 2.24) is 4.98 Å². The van der Waals surface area contributed by atoms with Crippen LogP contribution >= 0.6 is 0 Å².